The van der Waals surface area contributed by atoms with E-state index in [1.54, 1.807) is 16.8 Å². The molecule has 1 heterocycles. The predicted molar refractivity (Wildman–Crippen MR) is 76.0 cm³/mol. The van der Waals surface area contributed by atoms with Crippen molar-refractivity contribution in [2.24, 2.45) is 11.8 Å². The van der Waals surface area contributed by atoms with Crippen LogP contribution in [0, 0.1) is 11.8 Å². The fourth-order valence-corrected chi connectivity index (χ4v) is 2.94. The van der Waals surface area contributed by atoms with Crippen molar-refractivity contribution < 1.29 is 14.7 Å². The van der Waals surface area contributed by atoms with Crippen LogP contribution in [0.15, 0.2) is 0 Å². The van der Waals surface area contributed by atoms with E-state index in [0.29, 0.717) is 25.4 Å². The molecule has 2 aliphatic rings. The van der Waals surface area contributed by atoms with Crippen LogP contribution in [-0.2, 0) is 9.59 Å². The Balaban J connectivity index is 1.85. The number of carbonyl (C=O) groups excluding carboxylic acids is 2. The van der Waals surface area contributed by atoms with E-state index >= 15 is 0 Å². The molecular formula is C15H26N2O3. The normalized spacial score (nSPS) is 24.4. The second-order valence-electron chi connectivity index (χ2n) is 6.16. The van der Waals surface area contributed by atoms with Gasteiger partial charge >= 0.3 is 0 Å². The van der Waals surface area contributed by atoms with E-state index in [2.05, 4.69) is 0 Å². The smallest absolute Gasteiger partial charge is 0.227 e. The SMILES string of the molecule is CCC(=O)N1CCCC(C(=O)N(C)CC(O)C2CC2)C1. The van der Waals surface area contributed by atoms with Crippen molar-refractivity contribution in [1.82, 2.24) is 9.80 Å². The summed E-state index contributed by atoms with van der Waals surface area (Å²) in [5.41, 5.74) is 0. The van der Waals surface area contributed by atoms with Gasteiger partial charge < -0.3 is 14.9 Å². The predicted octanol–water partition coefficient (Wildman–Crippen LogP) is 0.864. The fraction of sp³-hybridized carbons (Fsp3) is 0.867. The van der Waals surface area contributed by atoms with Crippen molar-refractivity contribution in [3.63, 3.8) is 0 Å². The number of hydrogen-bond acceptors (Lipinski definition) is 3. The molecule has 0 aromatic heterocycles. The molecular weight excluding hydrogens is 256 g/mol. The van der Waals surface area contributed by atoms with Gasteiger partial charge in [-0.25, -0.2) is 0 Å². The summed E-state index contributed by atoms with van der Waals surface area (Å²) in [7, 11) is 1.76. The van der Waals surface area contributed by atoms with Gasteiger partial charge in [-0.05, 0) is 31.6 Å². The number of nitrogens with zero attached hydrogens (tertiary/aromatic N) is 2. The summed E-state index contributed by atoms with van der Waals surface area (Å²) < 4.78 is 0. The molecule has 0 radical (unpaired) electrons. The molecule has 2 amide bonds. The molecule has 2 unspecified atom stereocenters. The maximum absolute atomic E-state index is 12.4. The topological polar surface area (TPSA) is 60.9 Å². The highest BCUT2D eigenvalue weighted by Crippen LogP contribution is 2.33. The van der Waals surface area contributed by atoms with Gasteiger partial charge in [0.1, 0.15) is 0 Å². The van der Waals surface area contributed by atoms with Gasteiger partial charge in [0.05, 0.1) is 12.0 Å². The van der Waals surface area contributed by atoms with Gasteiger partial charge in [0, 0.05) is 33.1 Å². The first kappa shape index (κ1) is 15.3. The number of aliphatic hydroxyl groups excluding tert-OH is 1. The van der Waals surface area contributed by atoms with Crippen molar-refractivity contribution >= 4 is 11.8 Å². The van der Waals surface area contributed by atoms with Crippen LogP contribution in [0.2, 0.25) is 0 Å². The van der Waals surface area contributed by atoms with Gasteiger partial charge in [0.25, 0.3) is 0 Å². The van der Waals surface area contributed by atoms with E-state index in [-0.39, 0.29) is 23.8 Å². The molecule has 2 rings (SSSR count). The van der Waals surface area contributed by atoms with Crippen molar-refractivity contribution in [3.05, 3.63) is 0 Å². The van der Waals surface area contributed by atoms with Crippen LogP contribution in [0.25, 0.3) is 0 Å². The Bertz CT molecular complexity index is 368. The molecule has 5 nitrogen and oxygen atoms in total. The van der Waals surface area contributed by atoms with Crippen molar-refractivity contribution in [2.45, 2.75) is 45.1 Å². The molecule has 1 saturated carbocycles. The second kappa shape index (κ2) is 6.57. The molecule has 5 heteroatoms. The van der Waals surface area contributed by atoms with Crippen molar-refractivity contribution in [1.29, 1.82) is 0 Å². The number of aliphatic hydroxyl groups is 1. The largest absolute Gasteiger partial charge is 0.391 e. The number of likely N-dealkylation sites (tertiary alicyclic amines) is 1. The summed E-state index contributed by atoms with van der Waals surface area (Å²) in [6.45, 7) is 3.58. The average Bonchev–Trinajstić information content (AvgIpc) is 3.30. The maximum atomic E-state index is 12.4. The first-order chi connectivity index (χ1) is 9.52. The zero-order valence-electron chi connectivity index (χ0n) is 12.5. The first-order valence-electron chi connectivity index (χ1n) is 7.73. The standard InChI is InChI=1S/C15H26N2O3/c1-3-14(19)17-8-4-5-12(9-17)15(20)16(2)10-13(18)11-6-7-11/h11-13,18H,3-10H2,1-2H3. The molecule has 1 saturated heterocycles. The summed E-state index contributed by atoms with van der Waals surface area (Å²) in [6.07, 6.45) is 3.99. The van der Waals surface area contributed by atoms with Gasteiger partial charge in [-0.2, -0.15) is 0 Å². The number of rotatable bonds is 5. The van der Waals surface area contributed by atoms with E-state index in [1.165, 1.54) is 0 Å². The third-order valence-electron chi connectivity index (χ3n) is 4.43. The molecule has 0 aromatic rings. The Kier molecular flexibility index (Phi) is 5.02. The van der Waals surface area contributed by atoms with Crippen LogP contribution < -0.4 is 0 Å². The zero-order chi connectivity index (χ0) is 14.7. The van der Waals surface area contributed by atoms with Crippen molar-refractivity contribution in [2.75, 3.05) is 26.7 Å². The summed E-state index contributed by atoms with van der Waals surface area (Å²) in [4.78, 5) is 27.6. The lowest BCUT2D eigenvalue weighted by atomic mass is 9.96. The van der Waals surface area contributed by atoms with E-state index in [1.807, 2.05) is 6.92 Å². The lowest BCUT2D eigenvalue weighted by Gasteiger charge is -2.34. The van der Waals surface area contributed by atoms with Crippen LogP contribution in [0.3, 0.4) is 0 Å². The lowest BCUT2D eigenvalue weighted by molar-refractivity contribution is -0.140. The number of carbonyl (C=O) groups is 2. The minimum atomic E-state index is -0.388. The Morgan fingerprint density at radius 1 is 1.35 bits per heavy atom. The maximum Gasteiger partial charge on any atom is 0.227 e. The average molecular weight is 282 g/mol. The molecule has 1 aliphatic carbocycles. The Morgan fingerprint density at radius 3 is 2.65 bits per heavy atom. The molecule has 0 aromatic carbocycles. The first-order valence-corrected chi connectivity index (χ1v) is 7.73. The van der Waals surface area contributed by atoms with Crippen LogP contribution >= 0.6 is 0 Å². The van der Waals surface area contributed by atoms with Gasteiger partial charge in [-0.3, -0.25) is 9.59 Å². The van der Waals surface area contributed by atoms with Gasteiger partial charge in [-0.1, -0.05) is 6.92 Å². The number of amides is 2. The minimum absolute atomic E-state index is 0.0679. The Hall–Kier alpha value is -1.10. The number of hydrogen-bond donors (Lipinski definition) is 1. The molecule has 0 spiro atoms. The monoisotopic (exact) mass is 282 g/mol. The van der Waals surface area contributed by atoms with Gasteiger partial charge in [-0.15, -0.1) is 0 Å². The quantitative estimate of drug-likeness (QED) is 0.814. The third kappa shape index (κ3) is 3.72. The van der Waals surface area contributed by atoms with E-state index in [4.69, 9.17) is 0 Å². The minimum Gasteiger partial charge on any atom is -0.391 e. The molecule has 2 atom stereocenters. The van der Waals surface area contributed by atoms with Crippen molar-refractivity contribution in [3.8, 4) is 0 Å². The molecule has 20 heavy (non-hydrogen) atoms. The zero-order valence-corrected chi connectivity index (χ0v) is 12.5. The van der Waals surface area contributed by atoms with E-state index in [0.717, 1.165) is 32.2 Å². The highest BCUT2D eigenvalue weighted by atomic mass is 16.3. The second-order valence-corrected chi connectivity index (χ2v) is 6.16. The Labute approximate surface area is 120 Å². The highest BCUT2D eigenvalue weighted by Gasteiger charge is 2.34. The van der Waals surface area contributed by atoms with E-state index in [9.17, 15) is 14.7 Å². The number of likely N-dealkylation sites (N-methyl/N-ethyl adjacent to an activating group) is 1. The van der Waals surface area contributed by atoms with Crippen LogP contribution in [0.5, 0.6) is 0 Å². The Morgan fingerprint density at radius 2 is 2.05 bits per heavy atom. The van der Waals surface area contributed by atoms with Crippen LogP contribution in [-0.4, -0.2) is 59.5 Å². The van der Waals surface area contributed by atoms with Gasteiger partial charge in [0.2, 0.25) is 11.8 Å². The summed E-state index contributed by atoms with van der Waals surface area (Å²) >= 11 is 0. The lowest BCUT2D eigenvalue weighted by Crippen LogP contribution is -2.47. The summed E-state index contributed by atoms with van der Waals surface area (Å²) in [5, 5.41) is 9.93. The third-order valence-corrected chi connectivity index (χ3v) is 4.43. The molecule has 114 valence electrons. The molecule has 1 N–H and O–H groups in total. The summed E-state index contributed by atoms with van der Waals surface area (Å²) in [5.74, 6) is 0.479. The van der Waals surface area contributed by atoms with Crippen LogP contribution in [0.4, 0.5) is 0 Å². The summed E-state index contributed by atoms with van der Waals surface area (Å²) in [6, 6.07) is 0. The molecule has 2 fully saturated rings. The number of piperidine rings is 1. The molecule has 0 bridgehead atoms. The molecule has 1 aliphatic heterocycles. The highest BCUT2D eigenvalue weighted by molar-refractivity contribution is 5.81. The van der Waals surface area contributed by atoms with Gasteiger partial charge in [0.15, 0.2) is 0 Å². The fourth-order valence-electron chi connectivity index (χ4n) is 2.94. The van der Waals surface area contributed by atoms with Crippen LogP contribution in [0.1, 0.15) is 39.0 Å². The van der Waals surface area contributed by atoms with E-state index < -0.39 is 0 Å².